The second-order valence-corrected chi connectivity index (χ2v) is 8.15. The Morgan fingerprint density at radius 1 is 1.10 bits per heavy atom. The van der Waals surface area contributed by atoms with Crippen molar-refractivity contribution in [3.05, 3.63) is 63.1 Å². The van der Waals surface area contributed by atoms with E-state index in [4.69, 9.17) is 27.9 Å². The Labute approximate surface area is 180 Å². The zero-order valence-corrected chi connectivity index (χ0v) is 18.0. The first-order valence-corrected chi connectivity index (χ1v) is 10.3. The summed E-state index contributed by atoms with van der Waals surface area (Å²) in [6.45, 7) is 5.16. The maximum absolute atomic E-state index is 12.5. The maximum Gasteiger partial charge on any atom is 0.260 e. The number of hydrogen-bond donors (Lipinski definition) is 1. The average molecular weight is 435 g/mol. The zero-order valence-electron chi connectivity index (χ0n) is 16.5. The van der Waals surface area contributed by atoms with Crippen molar-refractivity contribution in [1.29, 1.82) is 0 Å². The molecule has 0 aliphatic carbocycles. The summed E-state index contributed by atoms with van der Waals surface area (Å²) in [6.07, 6.45) is 1.37. The van der Waals surface area contributed by atoms with Crippen LogP contribution in [0.15, 0.2) is 36.4 Å². The summed E-state index contributed by atoms with van der Waals surface area (Å²) >= 11 is 12.0. The third-order valence-electron chi connectivity index (χ3n) is 5.04. The van der Waals surface area contributed by atoms with Gasteiger partial charge in [-0.2, -0.15) is 0 Å². The summed E-state index contributed by atoms with van der Waals surface area (Å²) in [5.41, 5.74) is 2.57. The molecule has 0 unspecified atom stereocenters. The molecule has 0 spiro atoms. The van der Waals surface area contributed by atoms with Gasteiger partial charge in [0.1, 0.15) is 5.75 Å². The number of aryl methyl sites for hydroxylation is 2. The number of ether oxygens (including phenoxy) is 1. The molecule has 1 aliphatic rings. The van der Waals surface area contributed by atoms with E-state index in [0.717, 1.165) is 16.9 Å². The molecule has 2 aromatic carbocycles. The summed E-state index contributed by atoms with van der Waals surface area (Å²) in [6, 6.07) is 10.7. The zero-order chi connectivity index (χ0) is 21.0. The minimum atomic E-state index is -0.227. The van der Waals surface area contributed by atoms with Gasteiger partial charge < -0.3 is 15.0 Å². The van der Waals surface area contributed by atoms with Crippen molar-refractivity contribution in [3.8, 4) is 5.75 Å². The number of benzene rings is 2. The van der Waals surface area contributed by atoms with Gasteiger partial charge in [0, 0.05) is 24.2 Å². The molecule has 1 saturated heterocycles. The van der Waals surface area contributed by atoms with Gasteiger partial charge in [-0.3, -0.25) is 9.59 Å². The first-order chi connectivity index (χ1) is 13.8. The molecule has 2 aromatic rings. The first kappa shape index (κ1) is 21.5. The minimum Gasteiger partial charge on any atom is -0.484 e. The van der Waals surface area contributed by atoms with Crippen molar-refractivity contribution in [3.63, 3.8) is 0 Å². The summed E-state index contributed by atoms with van der Waals surface area (Å²) in [7, 11) is 0. The summed E-state index contributed by atoms with van der Waals surface area (Å²) in [4.78, 5) is 26.7. The van der Waals surface area contributed by atoms with E-state index in [0.29, 0.717) is 41.5 Å². The molecule has 1 heterocycles. The topological polar surface area (TPSA) is 58.6 Å². The quantitative estimate of drug-likeness (QED) is 0.757. The standard InChI is InChI=1S/C22H24Cl2N2O3/c1-14-3-6-20(15(2)11-14)29-13-21(27)26-9-7-17(8-10-26)25-22(28)18-5-4-16(23)12-19(18)24/h3-6,11-12,17H,7-10,13H2,1-2H3,(H,25,28). The Morgan fingerprint density at radius 2 is 1.83 bits per heavy atom. The van der Waals surface area contributed by atoms with Crippen LogP contribution in [0.5, 0.6) is 5.75 Å². The molecule has 0 radical (unpaired) electrons. The van der Waals surface area contributed by atoms with Crippen molar-refractivity contribution in [2.24, 2.45) is 0 Å². The molecule has 0 atom stereocenters. The van der Waals surface area contributed by atoms with Crippen LogP contribution in [0.25, 0.3) is 0 Å². The Bertz CT molecular complexity index is 909. The monoisotopic (exact) mass is 434 g/mol. The fourth-order valence-corrected chi connectivity index (χ4v) is 3.90. The van der Waals surface area contributed by atoms with Gasteiger partial charge >= 0.3 is 0 Å². The van der Waals surface area contributed by atoms with Gasteiger partial charge in [0.15, 0.2) is 6.61 Å². The van der Waals surface area contributed by atoms with Crippen LogP contribution in [-0.4, -0.2) is 42.5 Å². The molecule has 154 valence electrons. The highest BCUT2D eigenvalue weighted by Crippen LogP contribution is 2.22. The highest BCUT2D eigenvalue weighted by molar-refractivity contribution is 6.36. The lowest BCUT2D eigenvalue weighted by Gasteiger charge is -2.32. The van der Waals surface area contributed by atoms with Crippen molar-refractivity contribution in [2.45, 2.75) is 32.7 Å². The molecule has 1 N–H and O–H groups in total. The Balaban J connectivity index is 1.47. The van der Waals surface area contributed by atoms with Crippen LogP contribution >= 0.6 is 23.2 Å². The second-order valence-electron chi connectivity index (χ2n) is 7.31. The summed E-state index contributed by atoms with van der Waals surface area (Å²) in [5, 5.41) is 3.80. The van der Waals surface area contributed by atoms with E-state index in [1.165, 1.54) is 0 Å². The predicted octanol–water partition coefficient (Wildman–Crippen LogP) is 4.41. The minimum absolute atomic E-state index is 0.00134. The molecule has 1 fully saturated rings. The number of nitrogens with zero attached hydrogens (tertiary/aromatic N) is 1. The number of hydrogen-bond acceptors (Lipinski definition) is 3. The highest BCUT2D eigenvalue weighted by atomic mass is 35.5. The van der Waals surface area contributed by atoms with Crippen LogP contribution in [0.2, 0.25) is 10.0 Å². The van der Waals surface area contributed by atoms with Crippen LogP contribution in [0.3, 0.4) is 0 Å². The first-order valence-electron chi connectivity index (χ1n) is 9.57. The second kappa shape index (κ2) is 9.51. The van der Waals surface area contributed by atoms with Crippen LogP contribution in [0.4, 0.5) is 0 Å². The lowest BCUT2D eigenvalue weighted by atomic mass is 10.0. The van der Waals surface area contributed by atoms with E-state index < -0.39 is 0 Å². The molecule has 0 bridgehead atoms. The molecule has 29 heavy (non-hydrogen) atoms. The van der Waals surface area contributed by atoms with Gasteiger partial charge in [0.25, 0.3) is 11.8 Å². The van der Waals surface area contributed by atoms with E-state index in [-0.39, 0.29) is 24.5 Å². The molecular weight excluding hydrogens is 411 g/mol. The molecule has 1 aliphatic heterocycles. The Kier molecular flexibility index (Phi) is 7.04. The smallest absolute Gasteiger partial charge is 0.260 e. The number of halogens is 2. The van der Waals surface area contributed by atoms with Gasteiger partial charge in [-0.25, -0.2) is 0 Å². The number of carbonyl (C=O) groups is 2. The van der Waals surface area contributed by atoms with Crippen LogP contribution < -0.4 is 10.1 Å². The van der Waals surface area contributed by atoms with Gasteiger partial charge in [0.05, 0.1) is 10.6 Å². The van der Waals surface area contributed by atoms with E-state index in [9.17, 15) is 9.59 Å². The van der Waals surface area contributed by atoms with Gasteiger partial charge in [0.2, 0.25) is 0 Å². The average Bonchev–Trinajstić information content (AvgIpc) is 2.67. The van der Waals surface area contributed by atoms with E-state index in [2.05, 4.69) is 5.32 Å². The lowest BCUT2D eigenvalue weighted by molar-refractivity contribution is -0.134. The van der Waals surface area contributed by atoms with Gasteiger partial charge in [-0.1, -0.05) is 40.9 Å². The number of rotatable bonds is 5. The fourth-order valence-electron chi connectivity index (χ4n) is 3.40. The molecule has 7 heteroatoms. The van der Waals surface area contributed by atoms with E-state index >= 15 is 0 Å². The third kappa shape index (κ3) is 5.64. The van der Waals surface area contributed by atoms with E-state index in [1.54, 1.807) is 23.1 Å². The van der Waals surface area contributed by atoms with Crippen molar-refractivity contribution >= 4 is 35.0 Å². The molecule has 0 saturated carbocycles. The largest absolute Gasteiger partial charge is 0.484 e. The maximum atomic E-state index is 12.5. The Morgan fingerprint density at radius 3 is 2.48 bits per heavy atom. The summed E-state index contributed by atoms with van der Waals surface area (Å²) in [5.74, 6) is 0.455. The fraction of sp³-hybridized carbons (Fsp3) is 0.364. The lowest BCUT2D eigenvalue weighted by Crippen LogP contribution is -2.47. The third-order valence-corrected chi connectivity index (χ3v) is 5.59. The normalized spacial score (nSPS) is 14.6. The number of amides is 2. The number of carbonyl (C=O) groups excluding carboxylic acids is 2. The van der Waals surface area contributed by atoms with Crippen molar-refractivity contribution < 1.29 is 14.3 Å². The molecule has 0 aromatic heterocycles. The summed E-state index contributed by atoms with van der Waals surface area (Å²) < 4.78 is 5.69. The van der Waals surface area contributed by atoms with Gasteiger partial charge in [-0.05, 0) is 56.5 Å². The van der Waals surface area contributed by atoms with Crippen LogP contribution in [0, 0.1) is 13.8 Å². The number of nitrogens with one attached hydrogen (secondary N) is 1. The molecule has 3 rings (SSSR count). The number of piperidine rings is 1. The molecule has 5 nitrogen and oxygen atoms in total. The molecular formula is C22H24Cl2N2O3. The van der Waals surface area contributed by atoms with Crippen molar-refractivity contribution in [1.82, 2.24) is 10.2 Å². The van der Waals surface area contributed by atoms with E-state index in [1.807, 2.05) is 32.0 Å². The van der Waals surface area contributed by atoms with Gasteiger partial charge in [-0.15, -0.1) is 0 Å². The SMILES string of the molecule is Cc1ccc(OCC(=O)N2CCC(NC(=O)c3ccc(Cl)cc3Cl)CC2)c(C)c1. The predicted molar refractivity (Wildman–Crippen MR) is 115 cm³/mol. The highest BCUT2D eigenvalue weighted by Gasteiger charge is 2.25. The van der Waals surface area contributed by atoms with Crippen LogP contribution in [-0.2, 0) is 4.79 Å². The number of likely N-dealkylation sites (tertiary alicyclic amines) is 1. The van der Waals surface area contributed by atoms with Crippen molar-refractivity contribution in [2.75, 3.05) is 19.7 Å². The Hall–Kier alpha value is -2.24. The molecule has 2 amide bonds. The van der Waals surface area contributed by atoms with Crippen LogP contribution in [0.1, 0.15) is 34.3 Å².